The number of pyridine rings is 1. The maximum absolute atomic E-state index is 12.6. The number of nitrogens with zero attached hydrogens (tertiary/aromatic N) is 2. The fraction of sp³-hybridized carbons (Fsp3) is 0.316. The number of phenolic OH excluding ortho intramolecular Hbond substituents is 1. The van der Waals surface area contributed by atoms with Gasteiger partial charge in [-0.05, 0) is 65.3 Å². The van der Waals surface area contributed by atoms with E-state index in [0.29, 0.717) is 18.4 Å². The molecular weight excluding hydrogens is 479 g/mol. The van der Waals surface area contributed by atoms with Crippen LogP contribution < -0.4 is 0 Å². The van der Waals surface area contributed by atoms with Crippen LogP contribution in [0.2, 0.25) is 0 Å². The summed E-state index contributed by atoms with van der Waals surface area (Å²) in [6, 6.07) is 8.39. The molecule has 2 aromatic rings. The first kappa shape index (κ1) is 19.8. The number of aromatic nitrogens is 1. The molecule has 3 rings (SSSR count). The van der Waals surface area contributed by atoms with Crippen molar-refractivity contribution >= 4 is 38.2 Å². The molecule has 1 aliphatic carbocycles. The van der Waals surface area contributed by atoms with Crippen molar-refractivity contribution < 1.29 is 18.3 Å². The summed E-state index contributed by atoms with van der Waals surface area (Å²) in [6.45, 7) is 1.52. The molecule has 1 aromatic heterocycles. The number of hydrogen-bond donors (Lipinski definition) is 1. The second-order valence-corrected chi connectivity index (χ2v) is 10.0. The SMILES string of the molecule is CCS(=O)(=O)c1cc(C2(C#N)CC2)cnc1CC(=O)c1ccc(I)cc1O. The van der Waals surface area contributed by atoms with Crippen LogP contribution in [0.1, 0.15) is 41.4 Å². The molecule has 0 unspecified atom stereocenters. The summed E-state index contributed by atoms with van der Waals surface area (Å²) in [5, 5.41) is 19.4. The van der Waals surface area contributed by atoms with Gasteiger partial charge in [0.1, 0.15) is 5.75 Å². The highest BCUT2D eigenvalue weighted by Crippen LogP contribution is 2.47. The van der Waals surface area contributed by atoms with Crippen molar-refractivity contribution in [1.82, 2.24) is 4.98 Å². The minimum Gasteiger partial charge on any atom is -0.507 e. The molecule has 1 saturated carbocycles. The highest BCUT2D eigenvalue weighted by Gasteiger charge is 2.45. The minimum absolute atomic E-state index is 0.0117. The Bertz CT molecular complexity index is 1070. The largest absolute Gasteiger partial charge is 0.507 e. The van der Waals surface area contributed by atoms with Crippen LogP contribution >= 0.6 is 22.6 Å². The topological polar surface area (TPSA) is 108 Å². The van der Waals surface area contributed by atoms with E-state index in [1.807, 2.05) is 22.6 Å². The molecule has 1 aromatic carbocycles. The van der Waals surface area contributed by atoms with E-state index in [1.54, 1.807) is 6.07 Å². The van der Waals surface area contributed by atoms with Gasteiger partial charge in [-0.1, -0.05) is 6.92 Å². The lowest BCUT2D eigenvalue weighted by Gasteiger charge is -2.13. The molecule has 1 N–H and O–H groups in total. The highest BCUT2D eigenvalue weighted by atomic mass is 127. The number of sulfone groups is 1. The zero-order valence-electron chi connectivity index (χ0n) is 14.6. The fourth-order valence-corrected chi connectivity index (χ4v) is 4.45. The Morgan fingerprint density at radius 3 is 2.63 bits per heavy atom. The molecule has 140 valence electrons. The maximum Gasteiger partial charge on any atom is 0.179 e. The normalized spacial score (nSPS) is 15.1. The third-order valence-electron chi connectivity index (χ3n) is 4.75. The van der Waals surface area contributed by atoms with Gasteiger partial charge in [0.25, 0.3) is 0 Å². The van der Waals surface area contributed by atoms with Gasteiger partial charge in [0.15, 0.2) is 15.6 Å². The van der Waals surface area contributed by atoms with Crippen LogP contribution in [0.3, 0.4) is 0 Å². The van der Waals surface area contributed by atoms with Crippen molar-refractivity contribution in [3.05, 3.63) is 50.9 Å². The number of nitriles is 1. The van der Waals surface area contributed by atoms with Gasteiger partial charge in [-0.3, -0.25) is 9.78 Å². The summed E-state index contributed by atoms with van der Waals surface area (Å²) in [5.41, 5.74) is 0.168. The lowest BCUT2D eigenvalue weighted by atomic mass is 9.98. The van der Waals surface area contributed by atoms with Crippen LogP contribution in [0, 0.1) is 14.9 Å². The minimum atomic E-state index is -3.62. The van der Waals surface area contributed by atoms with E-state index in [9.17, 15) is 23.6 Å². The monoisotopic (exact) mass is 496 g/mol. The summed E-state index contributed by atoms with van der Waals surface area (Å²) >= 11 is 2.02. The second kappa shape index (κ2) is 7.20. The molecule has 8 heteroatoms. The van der Waals surface area contributed by atoms with Crippen molar-refractivity contribution in [3.63, 3.8) is 0 Å². The Balaban J connectivity index is 2.02. The quantitative estimate of drug-likeness (QED) is 0.486. The molecule has 0 spiro atoms. The number of carbonyl (C=O) groups excluding carboxylic acids is 1. The van der Waals surface area contributed by atoms with Crippen molar-refractivity contribution in [2.75, 3.05) is 5.75 Å². The van der Waals surface area contributed by atoms with Gasteiger partial charge >= 0.3 is 0 Å². The van der Waals surface area contributed by atoms with E-state index in [4.69, 9.17) is 0 Å². The highest BCUT2D eigenvalue weighted by molar-refractivity contribution is 14.1. The number of halogens is 1. The molecule has 0 bridgehead atoms. The van der Waals surface area contributed by atoms with Crippen molar-refractivity contribution in [1.29, 1.82) is 5.26 Å². The molecule has 1 aliphatic rings. The summed E-state index contributed by atoms with van der Waals surface area (Å²) in [7, 11) is -3.62. The van der Waals surface area contributed by atoms with E-state index in [1.165, 1.54) is 31.3 Å². The van der Waals surface area contributed by atoms with E-state index in [-0.39, 0.29) is 34.1 Å². The number of Topliss-reactive ketones (excluding diaryl/α,β-unsaturated/α-hetero) is 1. The van der Waals surface area contributed by atoms with Crippen LogP contribution in [-0.4, -0.2) is 30.0 Å². The third-order valence-corrected chi connectivity index (χ3v) is 7.21. The Labute approximate surface area is 171 Å². The van der Waals surface area contributed by atoms with Gasteiger partial charge in [0.2, 0.25) is 0 Å². The Morgan fingerprint density at radius 1 is 1.37 bits per heavy atom. The smallest absolute Gasteiger partial charge is 0.179 e. The van der Waals surface area contributed by atoms with Crippen LogP contribution in [0.25, 0.3) is 0 Å². The number of rotatable bonds is 6. The van der Waals surface area contributed by atoms with Crippen LogP contribution in [-0.2, 0) is 21.7 Å². The first-order chi connectivity index (χ1) is 12.7. The number of carbonyl (C=O) groups is 1. The molecule has 6 nitrogen and oxygen atoms in total. The Kier molecular flexibility index (Phi) is 5.27. The molecule has 0 radical (unpaired) electrons. The first-order valence-corrected chi connectivity index (χ1v) is 11.1. The first-order valence-electron chi connectivity index (χ1n) is 8.37. The molecule has 27 heavy (non-hydrogen) atoms. The fourth-order valence-electron chi connectivity index (χ4n) is 2.87. The number of aromatic hydroxyl groups is 1. The molecular formula is C19H17IN2O4S. The van der Waals surface area contributed by atoms with E-state index >= 15 is 0 Å². The molecule has 0 aliphatic heterocycles. The van der Waals surface area contributed by atoms with E-state index in [2.05, 4.69) is 11.1 Å². The third kappa shape index (κ3) is 3.84. The van der Waals surface area contributed by atoms with Gasteiger partial charge in [0.05, 0.1) is 39.8 Å². The van der Waals surface area contributed by atoms with Crippen molar-refractivity contribution in [3.8, 4) is 11.8 Å². The van der Waals surface area contributed by atoms with Gasteiger partial charge in [-0.2, -0.15) is 5.26 Å². The summed E-state index contributed by atoms with van der Waals surface area (Å²) in [4.78, 5) is 16.8. The van der Waals surface area contributed by atoms with Crippen LogP contribution in [0.4, 0.5) is 0 Å². The van der Waals surface area contributed by atoms with Crippen molar-refractivity contribution in [2.45, 2.75) is 36.5 Å². The maximum atomic E-state index is 12.6. The van der Waals surface area contributed by atoms with Gasteiger partial charge in [-0.25, -0.2) is 8.42 Å². The molecule has 1 fully saturated rings. The number of ketones is 1. The second-order valence-electron chi connectivity index (χ2n) is 6.53. The molecule has 1 heterocycles. The average molecular weight is 496 g/mol. The van der Waals surface area contributed by atoms with E-state index in [0.717, 1.165) is 3.57 Å². The predicted molar refractivity (Wildman–Crippen MR) is 107 cm³/mol. The lowest BCUT2D eigenvalue weighted by molar-refractivity contribution is 0.0988. The summed E-state index contributed by atoms with van der Waals surface area (Å²) in [5.74, 6) is -0.698. The van der Waals surface area contributed by atoms with E-state index < -0.39 is 21.0 Å². The number of hydrogen-bond acceptors (Lipinski definition) is 6. The zero-order chi connectivity index (χ0) is 19.8. The summed E-state index contributed by atoms with van der Waals surface area (Å²) < 4.78 is 25.9. The molecule has 0 saturated heterocycles. The Hall–Kier alpha value is -1.99. The zero-order valence-corrected chi connectivity index (χ0v) is 17.5. The average Bonchev–Trinajstić information content (AvgIpc) is 3.43. The van der Waals surface area contributed by atoms with Gasteiger partial charge in [-0.15, -0.1) is 0 Å². The number of phenols is 1. The van der Waals surface area contributed by atoms with Crippen molar-refractivity contribution in [2.24, 2.45) is 0 Å². The van der Waals surface area contributed by atoms with Gasteiger partial charge < -0.3 is 5.11 Å². The van der Waals surface area contributed by atoms with Crippen LogP contribution in [0.15, 0.2) is 35.4 Å². The number of benzene rings is 1. The predicted octanol–water partition coefficient (Wildman–Crippen LogP) is 3.17. The van der Waals surface area contributed by atoms with Crippen LogP contribution in [0.5, 0.6) is 5.75 Å². The van der Waals surface area contributed by atoms with Gasteiger partial charge in [0, 0.05) is 9.77 Å². The molecule has 0 amide bonds. The lowest BCUT2D eigenvalue weighted by Crippen LogP contribution is -2.15. The molecule has 0 atom stereocenters. The Morgan fingerprint density at radius 2 is 2.07 bits per heavy atom. The summed E-state index contributed by atoms with van der Waals surface area (Å²) in [6.07, 6.45) is 2.58. The standard InChI is InChI=1S/C19H17IN2O4S/c1-2-27(25,26)18-7-12(19(11-21)5-6-19)10-22-15(18)9-17(24)14-4-3-13(20)8-16(14)23/h3-4,7-8,10,23H,2,5-6,9H2,1H3.